The molecule has 110 valence electrons. The minimum atomic E-state index is -0.123. The van der Waals surface area contributed by atoms with Crippen LogP contribution in [0.1, 0.15) is 56.4 Å². The molecule has 0 radical (unpaired) electrons. The van der Waals surface area contributed by atoms with Gasteiger partial charge in [0.1, 0.15) is 11.5 Å². The zero-order chi connectivity index (χ0) is 14.4. The maximum absolute atomic E-state index is 12.0. The van der Waals surface area contributed by atoms with E-state index in [9.17, 15) is 4.79 Å². The minimum absolute atomic E-state index is 0.123. The molecule has 0 aliphatic heterocycles. The first-order chi connectivity index (χ1) is 9.69. The maximum atomic E-state index is 12.0. The Balaban J connectivity index is 1.83. The van der Waals surface area contributed by atoms with Crippen molar-refractivity contribution >= 4 is 11.7 Å². The van der Waals surface area contributed by atoms with E-state index in [1.54, 1.807) is 6.20 Å². The molecule has 5 nitrogen and oxygen atoms in total. The summed E-state index contributed by atoms with van der Waals surface area (Å²) in [6, 6.07) is 0. The quantitative estimate of drug-likeness (QED) is 0.766. The highest BCUT2D eigenvalue weighted by molar-refractivity contribution is 5.92. The summed E-state index contributed by atoms with van der Waals surface area (Å²) < 4.78 is 0. The third-order valence-electron chi connectivity index (χ3n) is 3.80. The summed E-state index contributed by atoms with van der Waals surface area (Å²) >= 11 is 0. The SMILES string of the molecule is CCCNc1cnc(C(=O)NCC2(CCC)CC2)cn1. The van der Waals surface area contributed by atoms with Crippen molar-refractivity contribution < 1.29 is 4.79 Å². The van der Waals surface area contributed by atoms with Gasteiger partial charge in [0.25, 0.3) is 5.91 Å². The smallest absolute Gasteiger partial charge is 0.271 e. The van der Waals surface area contributed by atoms with Gasteiger partial charge in [0.15, 0.2) is 0 Å². The van der Waals surface area contributed by atoms with Gasteiger partial charge in [-0.05, 0) is 31.1 Å². The maximum Gasteiger partial charge on any atom is 0.271 e. The highest BCUT2D eigenvalue weighted by Gasteiger charge is 2.41. The van der Waals surface area contributed by atoms with Crippen LogP contribution in [0.4, 0.5) is 5.82 Å². The van der Waals surface area contributed by atoms with E-state index in [1.807, 2.05) is 0 Å². The number of anilines is 1. The van der Waals surface area contributed by atoms with Crippen LogP contribution in [0.5, 0.6) is 0 Å². The summed E-state index contributed by atoms with van der Waals surface area (Å²) in [5.74, 6) is 0.593. The predicted molar refractivity (Wildman–Crippen MR) is 79.7 cm³/mol. The first-order valence-corrected chi connectivity index (χ1v) is 7.53. The summed E-state index contributed by atoms with van der Waals surface area (Å²) in [4.78, 5) is 20.4. The molecule has 1 aromatic heterocycles. The van der Waals surface area contributed by atoms with Gasteiger partial charge in [0.2, 0.25) is 0 Å². The van der Waals surface area contributed by atoms with Gasteiger partial charge in [-0.3, -0.25) is 4.79 Å². The number of carbonyl (C=O) groups is 1. The lowest BCUT2D eigenvalue weighted by Crippen LogP contribution is -2.30. The Morgan fingerprint density at radius 3 is 2.60 bits per heavy atom. The Labute approximate surface area is 120 Å². The number of hydrogen-bond donors (Lipinski definition) is 2. The van der Waals surface area contributed by atoms with Gasteiger partial charge < -0.3 is 10.6 Å². The van der Waals surface area contributed by atoms with Gasteiger partial charge in [-0.25, -0.2) is 9.97 Å². The van der Waals surface area contributed by atoms with Crippen molar-refractivity contribution in [3.05, 3.63) is 18.1 Å². The van der Waals surface area contributed by atoms with E-state index < -0.39 is 0 Å². The monoisotopic (exact) mass is 276 g/mol. The van der Waals surface area contributed by atoms with E-state index in [4.69, 9.17) is 0 Å². The molecule has 1 aromatic rings. The second-order valence-corrected chi connectivity index (χ2v) is 5.65. The second-order valence-electron chi connectivity index (χ2n) is 5.65. The molecule has 1 amide bonds. The van der Waals surface area contributed by atoms with Crippen LogP contribution < -0.4 is 10.6 Å². The molecule has 1 aliphatic carbocycles. The van der Waals surface area contributed by atoms with Crippen LogP contribution in [0.15, 0.2) is 12.4 Å². The summed E-state index contributed by atoms with van der Waals surface area (Å²) in [5, 5.41) is 6.13. The Hall–Kier alpha value is -1.65. The fraction of sp³-hybridized carbons (Fsp3) is 0.667. The van der Waals surface area contributed by atoms with E-state index in [0.717, 1.165) is 19.5 Å². The zero-order valence-corrected chi connectivity index (χ0v) is 12.4. The van der Waals surface area contributed by atoms with E-state index in [1.165, 1.54) is 31.9 Å². The molecule has 0 bridgehead atoms. The topological polar surface area (TPSA) is 66.9 Å². The summed E-state index contributed by atoms with van der Waals surface area (Å²) in [6.07, 6.45) is 9.01. The average Bonchev–Trinajstić information content (AvgIpc) is 3.24. The lowest BCUT2D eigenvalue weighted by molar-refractivity contribution is 0.0938. The van der Waals surface area contributed by atoms with E-state index >= 15 is 0 Å². The number of nitrogens with one attached hydrogen (secondary N) is 2. The van der Waals surface area contributed by atoms with Crippen LogP contribution in [0, 0.1) is 5.41 Å². The number of nitrogens with zero attached hydrogens (tertiary/aromatic N) is 2. The van der Waals surface area contributed by atoms with Crippen LogP contribution in [0.3, 0.4) is 0 Å². The number of hydrogen-bond acceptors (Lipinski definition) is 4. The summed E-state index contributed by atoms with van der Waals surface area (Å²) in [7, 11) is 0. The largest absolute Gasteiger partial charge is 0.369 e. The Bertz CT molecular complexity index is 440. The lowest BCUT2D eigenvalue weighted by Gasteiger charge is -2.14. The fourth-order valence-electron chi connectivity index (χ4n) is 2.37. The van der Waals surface area contributed by atoms with Crippen LogP contribution >= 0.6 is 0 Å². The molecule has 0 spiro atoms. The summed E-state index contributed by atoms with van der Waals surface area (Å²) in [5.41, 5.74) is 0.750. The molecule has 2 N–H and O–H groups in total. The molecule has 1 fully saturated rings. The van der Waals surface area contributed by atoms with Gasteiger partial charge in [0.05, 0.1) is 12.4 Å². The molecule has 1 saturated carbocycles. The third kappa shape index (κ3) is 3.92. The van der Waals surface area contributed by atoms with E-state index in [2.05, 4.69) is 34.4 Å². The average molecular weight is 276 g/mol. The van der Waals surface area contributed by atoms with Crippen molar-refractivity contribution in [2.45, 2.75) is 46.0 Å². The van der Waals surface area contributed by atoms with Gasteiger partial charge in [-0.15, -0.1) is 0 Å². The molecule has 5 heteroatoms. The molecule has 0 atom stereocenters. The number of amides is 1. The molecule has 2 rings (SSSR count). The van der Waals surface area contributed by atoms with Crippen LogP contribution in [-0.2, 0) is 0 Å². The Morgan fingerprint density at radius 1 is 1.25 bits per heavy atom. The van der Waals surface area contributed by atoms with Gasteiger partial charge in [-0.1, -0.05) is 20.3 Å². The molecular weight excluding hydrogens is 252 g/mol. The predicted octanol–water partition coefficient (Wildman–Crippen LogP) is 2.61. The Morgan fingerprint density at radius 2 is 2.05 bits per heavy atom. The van der Waals surface area contributed by atoms with Crippen molar-refractivity contribution in [3.8, 4) is 0 Å². The van der Waals surface area contributed by atoms with Crippen LogP contribution in [0.25, 0.3) is 0 Å². The second kappa shape index (κ2) is 6.68. The number of aromatic nitrogens is 2. The van der Waals surface area contributed by atoms with Crippen molar-refractivity contribution in [2.24, 2.45) is 5.41 Å². The van der Waals surface area contributed by atoms with Crippen LogP contribution in [0.2, 0.25) is 0 Å². The fourth-order valence-corrected chi connectivity index (χ4v) is 2.37. The molecule has 0 aromatic carbocycles. The van der Waals surface area contributed by atoms with Crippen molar-refractivity contribution in [3.63, 3.8) is 0 Å². The number of carbonyl (C=O) groups excluding carboxylic acids is 1. The van der Waals surface area contributed by atoms with Crippen molar-refractivity contribution in [1.29, 1.82) is 0 Å². The first kappa shape index (κ1) is 14.8. The van der Waals surface area contributed by atoms with E-state index in [-0.39, 0.29) is 5.91 Å². The van der Waals surface area contributed by atoms with E-state index in [0.29, 0.717) is 16.9 Å². The number of rotatable bonds is 8. The highest BCUT2D eigenvalue weighted by Crippen LogP contribution is 2.48. The Kier molecular flexibility index (Phi) is 4.93. The lowest BCUT2D eigenvalue weighted by atomic mass is 10.0. The highest BCUT2D eigenvalue weighted by atomic mass is 16.1. The van der Waals surface area contributed by atoms with Crippen LogP contribution in [-0.4, -0.2) is 29.0 Å². The van der Waals surface area contributed by atoms with Gasteiger partial charge in [-0.2, -0.15) is 0 Å². The molecule has 20 heavy (non-hydrogen) atoms. The molecule has 0 unspecified atom stereocenters. The molecule has 1 heterocycles. The first-order valence-electron chi connectivity index (χ1n) is 7.53. The zero-order valence-electron chi connectivity index (χ0n) is 12.4. The normalized spacial score (nSPS) is 15.7. The van der Waals surface area contributed by atoms with Gasteiger partial charge >= 0.3 is 0 Å². The molecular formula is C15H24N4O. The summed E-state index contributed by atoms with van der Waals surface area (Å²) in [6.45, 7) is 5.90. The molecule has 0 saturated heterocycles. The van der Waals surface area contributed by atoms with Crippen molar-refractivity contribution in [1.82, 2.24) is 15.3 Å². The van der Waals surface area contributed by atoms with Crippen molar-refractivity contribution in [2.75, 3.05) is 18.4 Å². The third-order valence-corrected chi connectivity index (χ3v) is 3.80. The van der Waals surface area contributed by atoms with Gasteiger partial charge in [0, 0.05) is 13.1 Å². The minimum Gasteiger partial charge on any atom is -0.369 e. The standard InChI is InChI=1S/C15H24N4O/c1-3-5-15(6-7-15)11-19-14(20)12-9-18-13(10-17-12)16-8-4-2/h9-10H,3-8,11H2,1-2H3,(H,16,18)(H,19,20). The molecule has 1 aliphatic rings.